The summed E-state index contributed by atoms with van der Waals surface area (Å²) in [6.07, 6.45) is 1.76. The van der Waals surface area contributed by atoms with Gasteiger partial charge in [0.2, 0.25) is 0 Å². The third kappa shape index (κ3) is 3.21. The number of halogens is 1. The Labute approximate surface area is 145 Å². The number of fused-ring (bicyclic) bond motifs is 1. The van der Waals surface area contributed by atoms with Gasteiger partial charge >= 0.3 is 0 Å². The van der Waals surface area contributed by atoms with Crippen molar-refractivity contribution >= 4 is 10.9 Å². The van der Waals surface area contributed by atoms with Crippen LogP contribution in [0.2, 0.25) is 0 Å². The monoisotopic (exact) mass is 338 g/mol. The van der Waals surface area contributed by atoms with E-state index in [0.717, 1.165) is 5.39 Å². The first-order chi connectivity index (χ1) is 12.0. The number of nitriles is 1. The fraction of sp³-hybridized carbons (Fsp3) is 0.250. The third-order valence-electron chi connectivity index (χ3n) is 4.05. The highest BCUT2D eigenvalue weighted by Gasteiger charge is 2.30. The molecule has 4 nitrogen and oxygen atoms in total. The average Bonchev–Trinajstić information content (AvgIpc) is 3.02. The summed E-state index contributed by atoms with van der Waals surface area (Å²) < 4.78 is 26.6. The van der Waals surface area contributed by atoms with Crippen molar-refractivity contribution in [3.8, 4) is 17.6 Å². The summed E-state index contributed by atoms with van der Waals surface area (Å²) >= 11 is 0. The first-order valence-corrected chi connectivity index (χ1v) is 8.08. The number of nitrogens with zero attached hydrogens (tertiary/aromatic N) is 1. The molecule has 3 rings (SSSR count). The number of H-pyrrole nitrogens is 1. The molecule has 25 heavy (non-hydrogen) atoms. The lowest BCUT2D eigenvalue weighted by Gasteiger charge is -2.28. The molecule has 0 aliphatic heterocycles. The summed E-state index contributed by atoms with van der Waals surface area (Å²) in [5, 5.41) is 9.89. The molecule has 0 saturated carbocycles. The second-order valence-corrected chi connectivity index (χ2v) is 6.19. The summed E-state index contributed by atoms with van der Waals surface area (Å²) in [6, 6.07) is 12.0. The summed E-state index contributed by atoms with van der Waals surface area (Å²) in [4.78, 5) is 3.03. The SMILES string of the molecule is CCOC(C)(C)c1c(Oc2cccc(C#N)c2)c(F)cc2[nH]ccc12. The number of aromatic nitrogens is 1. The maximum absolute atomic E-state index is 14.8. The summed E-state index contributed by atoms with van der Waals surface area (Å²) in [5.41, 5.74) is 1.01. The van der Waals surface area contributed by atoms with E-state index in [0.29, 0.717) is 29.0 Å². The summed E-state index contributed by atoms with van der Waals surface area (Å²) in [5.74, 6) is 0.0297. The van der Waals surface area contributed by atoms with Crippen molar-refractivity contribution in [2.75, 3.05) is 6.61 Å². The molecule has 0 amide bonds. The predicted octanol–water partition coefficient (Wildman–Crippen LogP) is 5.24. The van der Waals surface area contributed by atoms with Crippen molar-refractivity contribution in [3.63, 3.8) is 0 Å². The zero-order valence-electron chi connectivity index (χ0n) is 14.4. The predicted molar refractivity (Wildman–Crippen MR) is 94.1 cm³/mol. The first kappa shape index (κ1) is 17.0. The lowest BCUT2D eigenvalue weighted by atomic mass is 9.93. The van der Waals surface area contributed by atoms with Crippen molar-refractivity contribution < 1.29 is 13.9 Å². The van der Waals surface area contributed by atoms with Gasteiger partial charge in [0.1, 0.15) is 5.75 Å². The molecule has 1 aromatic heterocycles. The van der Waals surface area contributed by atoms with E-state index in [1.54, 1.807) is 30.5 Å². The molecule has 5 heteroatoms. The van der Waals surface area contributed by atoms with Gasteiger partial charge in [0, 0.05) is 35.3 Å². The van der Waals surface area contributed by atoms with E-state index >= 15 is 0 Å². The van der Waals surface area contributed by atoms with Gasteiger partial charge in [-0.05, 0) is 45.0 Å². The van der Waals surface area contributed by atoms with Crippen molar-refractivity contribution in [1.29, 1.82) is 5.26 Å². The smallest absolute Gasteiger partial charge is 0.169 e. The lowest BCUT2D eigenvalue weighted by molar-refractivity contribution is -0.0143. The number of hydrogen-bond donors (Lipinski definition) is 1. The molecule has 0 aliphatic rings. The molecule has 0 aliphatic carbocycles. The second kappa shape index (κ2) is 6.58. The number of aromatic amines is 1. The molecule has 1 N–H and O–H groups in total. The quantitative estimate of drug-likeness (QED) is 0.692. The van der Waals surface area contributed by atoms with Crippen LogP contribution in [-0.2, 0) is 10.3 Å². The van der Waals surface area contributed by atoms with Crippen molar-refractivity contribution in [2.45, 2.75) is 26.4 Å². The van der Waals surface area contributed by atoms with Crippen LogP contribution in [0.5, 0.6) is 11.5 Å². The van der Waals surface area contributed by atoms with Gasteiger partial charge in [-0.15, -0.1) is 0 Å². The Morgan fingerprint density at radius 2 is 2.04 bits per heavy atom. The lowest BCUT2D eigenvalue weighted by Crippen LogP contribution is -2.23. The highest BCUT2D eigenvalue weighted by atomic mass is 19.1. The van der Waals surface area contributed by atoms with Gasteiger partial charge in [0.25, 0.3) is 0 Å². The van der Waals surface area contributed by atoms with Crippen LogP contribution in [0.15, 0.2) is 42.6 Å². The molecule has 0 radical (unpaired) electrons. The molecule has 0 spiro atoms. The van der Waals surface area contributed by atoms with Crippen LogP contribution in [0.3, 0.4) is 0 Å². The molecule has 0 fully saturated rings. The number of rotatable bonds is 5. The van der Waals surface area contributed by atoms with E-state index in [4.69, 9.17) is 14.7 Å². The number of hydrogen-bond acceptors (Lipinski definition) is 3. The molecular weight excluding hydrogens is 319 g/mol. The van der Waals surface area contributed by atoms with Gasteiger partial charge in [-0.25, -0.2) is 4.39 Å². The Morgan fingerprint density at radius 1 is 1.24 bits per heavy atom. The Balaban J connectivity index is 2.19. The van der Waals surface area contributed by atoms with E-state index in [9.17, 15) is 4.39 Å². The van der Waals surface area contributed by atoms with E-state index in [1.165, 1.54) is 6.07 Å². The molecule has 3 aromatic rings. The van der Waals surface area contributed by atoms with Gasteiger partial charge in [-0.3, -0.25) is 0 Å². The summed E-state index contributed by atoms with van der Waals surface area (Å²) in [6.45, 7) is 6.15. The Bertz CT molecular complexity index is 954. The topological polar surface area (TPSA) is 58.0 Å². The van der Waals surface area contributed by atoms with E-state index in [2.05, 4.69) is 11.1 Å². The molecule has 2 aromatic carbocycles. The van der Waals surface area contributed by atoms with Gasteiger partial charge in [-0.1, -0.05) is 6.07 Å². The van der Waals surface area contributed by atoms with Crippen LogP contribution in [0.25, 0.3) is 10.9 Å². The van der Waals surface area contributed by atoms with Crippen LogP contribution in [0.4, 0.5) is 4.39 Å². The Morgan fingerprint density at radius 3 is 2.76 bits per heavy atom. The summed E-state index contributed by atoms with van der Waals surface area (Å²) in [7, 11) is 0. The van der Waals surface area contributed by atoms with Gasteiger partial charge < -0.3 is 14.5 Å². The van der Waals surface area contributed by atoms with E-state index in [1.807, 2.05) is 26.8 Å². The number of benzene rings is 2. The standard InChI is InChI=1S/C20H19FN2O2/c1-4-24-20(2,3)18-15-8-9-23-17(15)11-16(21)19(18)25-14-7-5-6-13(10-14)12-22/h5-11,23H,4H2,1-3H3. The average molecular weight is 338 g/mol. The van der Waals surface area contributed by atoms with Gasteiger partial charge in [0.05, 0.1) is 17.2 Å². The molecule has 1 heterocycles. The maximum Gasteiger partial charge on any atom is 0.169 e. The highest BCUT2D eigenvalue weighted by Crippen LogP contribution is 2.42. The zero-order chi connectivity index (χ0) is 18.0. The Kier molecular flexibility index (Phi) is 4.47. The molecule has 0 bridgehead atoms. The molecule has 0 saturated heterocycles. The molecule has 128 valence electrons. The van der Waals surface area contributed by atoms with Crippen molar-refractivity contribution in [1.82, 2.24) is 4.98 Å². The minimum absolute atomic E-state index is 0.112. The van der Waals surface area contributed by atoms with Crippen LogP contribution < -0.4 is 4.74 Å². The van der Waals surface area contributed by atoms with Crippen molar-refractivity contribution in [2.24, 2.45) is 0 Å². The molecular formula is C20H19FN2O2. The largest absolute Gasteiger partial charge is 0.454 e. The van der Waals surface area contributed by atoms with E-state index < -0.39 is 11.4 Å². The minimum Gasteiger partial charge on any atom is -0.454 e. The van der Waals surface area contributed by atoms with E-state index in [-0.39, 0.29) is 5.75 Å². The molecule has 0 atom stereocenters. The second-order valence-electron chi connectivity index (χ2n) is 6.19. The first-order valence-electron chi connectivity index (χ1n) is 8.08. The van der Waals surface area contributed by atoms with Crippen LogP contribution in [-0.4, -0.2) is 11.6 Å². The maximum atomic E-state index is 14.8. The van der Waals surface area contributed by atoms with Crippen molar-refractivity contribution in [3.05, 3.63) is 59.5 Å². The zero-order valence-corrected chi connectivity index (χ0v) is 14.4. The third-order valence-corrected chi connectivity index (χ3v) is 4.05. The fourth-order valence-electron chi connectivity index (χ4n) is 3.03. The normalized spacial score (nSPS) is 11.5. The fourth-order valence-corrected chi connectivity index (χ4v) is 3.03. The van der Waals surface area contributed by atoms with Gasteiger partial charge in [0.15, 0.2) is 11.6 Å². The van der Waals surface area contributed by atoms with Crippen LogP contribution >= 0.6 is 0 Å². The Hall–Kier alpha value is -2.84. The number of ether oxygens (including phenoxy) is 2. The molecule has 0 unspecified atom stereocenters. The van der Waals surface area contributed by atoms with Crippen LogP contribution in [0, 0.1) is 17.1 Å². The minimum atomic E-state index is -0.751. The van der Waals surface area contributed by atoms with Crippen LogP contribution in [0.1, 0.15) is 31.9 Å². The highest BCUT2D eigenvalue weighted by molar-refractivity contribution is 5.86. The number of nitrogens with one attached hydrogen (secondary N) is 1. The van der Waals surface area contributed by atoms with Gasteiger partial charge in [-0.2, -0.15) is 5.26 Å².